The molecule has 0 radical (unpaired) electrons. The lowest BCUT2D eigenvalue weighted by molar-refractivity contribution is -0.131. The van der Waals surface area contributed by atoms with Gasteiger partial charge in [-0.2, -0.15) is 11.8 Å². The third-order valence-corrected chi connectivity index (χ3v) is 4.44. The SMILES string of the molecule is Cc1cc(/C=C/C(=O)O)cnc1N1CC(C)SC(C)C1. The zero-order chi connectivity index (χ0) is 14.7. The Morgan fingerprint density at radius 2 is 2.10 bits per heavy atom. The second kappa shape index (κ2) is 6.31. The van der Waals surface area contributed by atoms with E-state index < -0.39 is 5.97 Å². The predicted molar refractivity (Wildman–Crippen MR) is 84.4 cm³/mol. The Balaban J connectivity index is 2.19. The summed E-state index contributed by atoms with van der Waals surface area (Å²) in [5, 5.41) is 9.85. The number of aliphatic carboxylic acids is 1. The van der Waals surface area contributed by atoms with Gasteiger partial charge in [-0.1, -0.05) is 13.8 Å². The van der Waals surface area contributed by atoms with Gasteiger partial charge in [0.05, 0.1) is 0 Å². The number of nitrogens with zero attached hydrogens (tertiary/aromatic N) is 2. The Morgan fingerprint density at radius 3 is 2.65 bits per heavy atom. The molecule has 0 aliphatic carbocycles. The third kappa shape index (κ3) is 3.76. The molecule has 5 heteroatoms. The van der Waals surface area contributed by atoms with Crippen molar-refractivity contribution in [3.8, 4) is 0 Å². The van der Waals surface area contributed by atoms with E-state index in [0.29, 0.717) is 10.5 Å². The largest absolute Gasteiger partial charge is 0.478 e. The number of hydrogen-bond acceptors (Lipinski definition) is 4. The van der Waals surface area contributed by atoms with Crippen LogP contribution in [0.5, 0.6) is 0 Å². The molecule has 2 rings (SSSR count). The van der Waals surface area contributed by atoms with Crippen LogP contribution in [0, 0.1) is 6.92 Å². The van der Waals surface area contributed by atoms with Gasteiger partial charge in [0, 0.05) is 35.9 Å². The van der Waals surface area contributed by atoms with Gasteiger partial charge in [0.25, 0.3) is 0 Å². The highest BCUT2D eigenvalue weighted by molar-refractivity contribution is 8.00. The number of carbonyl (C=O) groups is 1. The maximum Gasteiger partial charge on any atom is 0.328 e. The van der Waals surface area contributed by atoms with E-state index >= 15 is 0 Å². The zero-order valence-electron chi connectivity index (χ0n) is 12.0. The summed E-state index contributed by atoms with van der Waals surface area (Å²) in [4.78, 5) is 17.4. The van der Waals surface area contributed by atoms with Crippen LogP contribution in [0.3, 0.4) is 0 Å². The minimum atomic E-state index is -0.942. The average molecular weight is 292 g/mol. The van der Waals surface area contributed by atoms with E-state index in [2.05, 4.69) is 23.7 Å². The third-order valence-electron chi connectivity index (χ3n) is 3.21. The first-order valence-corrected chi connectivity index (χ1v) is 7.68. The zero-order valence-corrected chi connectivity index (χ0v) is 12.9. The summed E-state index contributed by atoms with van der Waals surface area (Å²) in [5.74, 6) is 0.0684. The number of aromatic nitrogens is 1. The highest BCUT2D eigenvalue weighted by atomic mass is 32.2. The first kappa shape index (κ1) is 14.9. The molecule has 1 aromatic rings. The summed E-state index contributed by atoms with van der Waals surface area (Å²) in [6.45, 7) is 8.52. The fraction of sp³-hybridized carbons (Fsp3) is 0.467. The molecule has 0 saturated carbocycles. The molecule has 1 aromatic heterocycles. The van der Waals surface area contributed by atoms with E-state index in [1.54, 1.807) is 12.3 Å². The van der Waals surface area contributed by atoms with Crippen molar-refractivity contribution in [2.24, 2.45) is 0 Å². The summed E-state index contributed by atoms with van der Waals surface area (Å²) in [6, 6.07) is 1.98. The van der Waals surface area contributed by atoms with Crippen LogP contribution in [0.4, 0.5) is 5.82 Å². The lowest BCUT2D eigenvalue weighted by atomic mass is 10.1. The fourth-order valence-electron chi connectivity index (χ4n) is 2.53. The van der Waals surface area contributed by atoms with Crippen LogP contribution in [-0.4, -0.2) is 39.6 Å². The molecule has 20 heavy (non-hydrogen) atoms. The molecule has 1 N–H and O–H groups in total. The van der Waals surface area contributed by atoms with E-state index in [9.17, 15) is 4.79 Å². The smallest absolute Gasteiger partial charge is 0.328 e. The molecule has 0 bridgehead atoms. The molecule has 1 saturated heterocycles. The molecular formula is C15H20N2O2S. The summed E-state index contributed by atoms with van der Waals surface area (Å²) in [7, 11) is 0. The van der Waals surface area contributed by atoms with Crippen molar-refractivity contribution >= 4 is 29.6 Å². The highest BCUT2D eigenvalue weighted by Crippen LogP contribution is 2.29. The number of thioether (sulfide) groups is 1. The van der Waals surface area contributed by atoms with Crippen LogP contribution in [0.15, 0.2) is 18.3 Å². The maximum absolute atomic E-state index is 10.5. The molecular weight excluding hydrogens is 272 g/mol. The van der Waals surface area contributed by atoms with Crippen LogP contribution in [0.2, 0.25) is 0 Å². The number of hydrogen-bond donors (Lipinski definition) is 1. The summed E-state index contributed by atoms with van der Waals surface area (Å²) < 4.78 is 0. The van der Waals surface area contributed by atoms with Crippen molar-refractivity contribution in [3.63, 3.8) is 0 Å². The van der Waals surface area contributed by atoms with Gasteiger partial charge in [0.15, 0.2) is 0 Å². The molecule has 1 aliphatic heterocycles. The topological polar surface area (TPSA) is 53.4 Å². The van der Waals surface area contributed by atoms with E-state index in [1.165, 1.54) is 0 Å². The predicted octanol–water partition coefficient (Wildman–Crippen LogP) is 2.82. The van der Waals surface area contributed by atoms with Gasteiger partial charge in [0.1, 0.15) is 5.82 Å². The summed E-state index contributed by atoms with van der Waals surface area (Å²) >= 11 is 2.01. The number of carboxylic acids is 1. The minimum Gasteiger partial charge on any atom is -0.478 e. The molecule has 1 fully saturated rings. The van der Waals surface area contributed by atoms with E-state index in [4.69, 9.17) is 5.11 Å². The van der Waals surface area contributed by atoms with Crippen LogP contribution in [-0.2, 0) is 4.79 Å². The number of aryl methyl sites for hydroxylation is 1. The van der Waals surface area contributed by atoms with Crippen LogP contribution >= 0.6 is 11.8 Å². The van der Waals surface area contributed by atoms with Crippen molar-refractivity contribution in [1.82, 2.24) is 4.98 Å². The van der Waals surface area contributed by atoms with Crippen molar-refractivity contribution in [1.29, 1.82) is 0 Å². The molecule has 2 atom stereocenters. The monoisotopic (exact) mass is 292 g/mol. The van der Waals surface area contributed by atoms with Gasteiger partial charge in [0.2, 0.25) is 0 Å². The van der Waals surface area contributed by atoms with Gasteiger partial charge >= 0.3 is 5.97 Å². The first-order valence-electron chi connectivity index (χ1n) is 6.73. The number of rotatable bonds is 3. The van der Waals surface area contributed by atoms with Gasteiger partial charge < -0.3 is 10.0 Å². The quantitative estimate of drug-likeness (QED) is 0.868. The maximum atomic E-state index is 10.5. The Labute approximate surface area is 123 Å². The Bertz CT molecular complexity index is 521. The molecule has 0 amide bonds. The van der Waals surface area contributed by atoms with Gasteiger partial charge in [-0.15, -0.1) is 0 Å². The van der Waals surface area contributed by atoms with Crippen molar-refractivity contribution in [2.45, 2.75) is 31.3 Å². The molecule has 2 heterocycles. The molecule has 1 aliphatic rings. The second-order valence-corrected chi connectivity index (χ2v) is 7.12. The van der Waals surface area contributed by atoms with E-state index in [0.717, 1.165) is 36.1 Å². The Kier molecular flexibility index (Phi) is 4.70. The molecule has 4 nitrogen and oxygen atoms in total. The average Bonchev–Trinajstić information content (AvgIpc) is 2.35. The summed E-state index contributed by atoms with van der Waals surface area (Å²) in [5.41, 5.74) is 1.91. The van der Waals surface area contributed by atoms with Gasteiger partial charge in [-0.3, -0.25) is 0 Å². The fourth-order valence-corrected chi connectivity index (χ4v) is 3.86. The van der Waals surface area contributed by atoms with Crippen molar-refractivity contribution in [3.05, 3.63) is 29.5 Å². The highest BCUT2D eigenvalue weighted by Gasteiger charge is 2.24. The standard InChI is InChI=1S/C15H20N2O2S/c1-10-6-13(4-5-14(18)19)7-16-15(10)17-8-11(2)20-12(3)9-17/h4-7,11-12H,8-9H2,1-3H3,(H,18,19)/b5-4+. The Morgan fingerprint density at radius 1 is 1.45 bits per heavy atom. The van der Waals surface area contributed by atoms with Crippen LogP contribution in [0.25, 0.3) is 6.08 Å². The number of anilines is 1. The summed E-state index contributed by atoms with van der Waals surface area (Å²) in [6.07, 6.45) is 4.44. The lowest BCUT2D eigenvalue weighted by Crippen LogP contribution is -2.41. The van der Waals surface area contributed by atoms with Crippen LogP contribution < -0.4 is 4.90 Å². The second-order valence-electron chi connectivity index (χ2n) is 5.24. The van der Waals surface area contributed by atoms with Crippen molar-refractivity contribution < 1.29 is 9.90 Å². The molecule has 0 spiro atoms. The van der Waals surface area contributed by atoms with E-state index in [-0.39, 0.29) is 0 Å². The normalized spacial score (nSPS) is 23.2. The Hall–Kier alpha value is -1.49. The van der Waals surface area contributed by atoms with Crippen molar-refractivity contribution in [2.75, 3.05) is 18.0 Å². The number of pyridine rings is 1. The first-order chi connectivity index (χ1) is 9.45. The molecule has 0 aromatic carbocycles. The van der Waals surface area contributed by atoms with E-state index in [1.807, 2.05) is 24.8 Å². The lowest BCUT2D eigenvalue weighted by Gasteiger charge is -2.36. The minimum absolute atomic E-state index is 0.603. The van der Waals surface area contributed by atoms with Crippen LogP contribution in [0.1, 0.15) is 25.0 Å². The number of carboxylic acid groups (broad SMARTS) is 1. The molecule has 2 unspecified atom stereocenters. The molecule has 108 valence electrons. The van der Waals surface area contributed by atoms with Gasteiger partial charge in [-0.25, -0.2) is 9.78 Å². The van der Waals surface area contributed by atoms with Gasteiger partial charge in [-0.05, 0) is 30.2 Å².